The third kappa shape index (κ3) is 40.4. The van der Waals surface area contributed by atoms with Gasteiger partial charge in [0.05, 0.1) is 0 Å². The lowest BCUT2D eigenvalue weighted by Gasteiger charge is -2.23. The maximum absolute atomic E-state index is 9.16. The second-order valence-electron chi connectivity index (χ2n) is 8.23. The molecule has 0 aliphatic carbocycles. The van der Waals surface area contributed by atoms with Gasteiger partial charge < -0.3 is 49.5 Å². The van der Waals surface area contributed by atoms with Gasteiger partial charge in [-0.15, -0.1) is 0 Å². The van der Waals surface area contributed by atoms with Crippen LogP contribution < -0.4 is 9.80 Å². The van der Waals surface area contributed by atoms with E-state index in [1.54, 1.807) is 41.5 Å². The van der Waals surface area contributed by atoms with Crippen molar-refractivity contribution in [1.82, 2.24) is 0 Å². The van der Waals surface area contributed by atoms with E-state index in [-0.39, 0.29) is 0 Å². The number of rotatable bonds is 12. The van der Waals surface area contributed by atoms with E-state index in [9.17, 15) is 0 Å². The van der Waals surface area contributed by atoms with E-state index in [4.69, 9.17) is 48.2 Å². The average molecular weight is 481 g/mol. The van der Waals surface area contributed by atoms with Gasteiger partial charge in [0.2, 0.25) is 0 Å². The standard InChI is InChI=1S/2C9H21NO3.H2O4S/c2*1-7(11)4-10(5-8(2)12)6-9(3)13;1-5(2,3)4/h2*7-9,11-13H,4-6H2,1-3H3;(H2,1,2,3,4). The lowest BCUT2D eigenvalue weighted by atomic mass is 10.2. The van der Waals surface area contributed by atoms with Crippen molar-refractivity contribution in [3.8, 4) is 0 Å². The van der Waals surface area contributed by atoms with Crippen LogP contribution in [-0.4, -0.2) is 124 Å². The van der Waals surface area contributed by atoms with Crippen LogP contribution in [-0.2, 0) is 10.4 Å². The predicted molar refractivity (Wildman–Crippen MR) is 112 cm³/mol. The number of quaternary nitrogens is 2. The van der Waals surface area contributed by atoms with E-state index in [0.717, 1.165) is 9.80 Å². The van der Waals surface area contributed by atoms with Gasteiger partial charge in [0.1, 0.15) is 75.9 Å². The summed E-state index contributed by atoms with van der Waals surface area (Å²) in [6.07, 6.45) is -2.38. The largest absolute Gasteiger partial charge is 0.759 e. The van der Waals surface area contributed by atoms with Crippen molar-refractivity contribution in [2.75, 3.05) is 39.3 Å². The summed E-state index contributed by atoms with van der Waals surface area (Å²) in [5, 5.41) is 55.0. The molecule has 0 amide bonds. The third-order valence-electron chi connectivity index (χ3n) is 3.50. The average Bonchev–Trinajstić information content (AvgIpc) is 2.40. The maximum atomic E-state index is 9.16. The molecule has 8 N–H and O–H groups in total. The predicted octanol–water partition coefficient (Wildman–Crippen LogP) is -5.31. The van der Waals surface area contributed by atoms with Gasteiger partial charge in [0, 0.05) is 10.4 Å². The van der Waals surface area contributed by atoms with Crippen LogP contribution in [0.3, 0.4) is 0 Å². The first-order valence-electron chi connectivity index (χ1n) is 10.3. The molecular weight excluding hydrogens is 436 g/mol. The fraction of sp³-hybridized carbons (Fsp3) is 1.00. The van der Waals surface area contributed by atoms with Crippen LogP contribution >= 0.6 is 0 Å². The van der Waals surface area contributed by atoms with Crippen LogP contribution in [0.15, 0.2) is 0 Å². The molecule has 6 unspecified atom stereocenters. The number of aliphatic hydroxyl groups is 6. The van der Waals surface area contributed by atoms with Gasteiger partial charge >= 0.3 is 0 Å². The number of hydrogen-bond acceptors (Lipinski definition) is 10. The molecule has 0 spiro atoms. The molecule has 0 aliphatic rings. The zero-order valence-corrected chi connectivity index (χ0v) is 20.2. The smallest absolute Gasteiger partial charge is 0.103 e. The Morgan fingerprint density at radius 2 is 0.613 bits per heavy atom. The number of nitrogens with one attached hydrogen (secondary N) is 2. The number of hydrogen-bond donors (Lipinski definition) is 8. The van der Waals surface area contributed by atoms with Crippen molar-refractivity contribution in [1.29, 1.82) is 0 Å². The molecule has 31 heavy (non-hydrogen) atoms. The van der Waals surface area contributed by atoms with Crippen molar-refractivity contribution in [3.05, 3.63) is 0 Å². The van der Waals surface area contributed by atoms with Gasteiger partial charge in [-0.3, -0.25) is 8.42 Å². The quantitative estimate of drug-likeness (QED) is 0.0981. The maximum Gasteiger partial charge on any atom is 0.103 e. The van der Waals surface area contributed by atoms with Crippen LogP contribution in [0.4, 0.5) is 0 Å². The van der Waals surface area contributed by atoms with Gasteiger partial charge in [-0.1, -0.05) is 0 Å². The Morgan fingerprint density at radius 3 is 0.677 bits per heavy atom. The molecule has 0 aromatic rings. The van der Waals surface area contributed by atoms with Crippen LogP contribution in [0.2, 0.25) is 0 Å². The van der Waals surface area contributed by atoms with Crippen molar-refractivity contribution >= 4 is 10.4 Å². The molecule has 0 radical (unpaired) electrons. The first-order valence-corrected chi connectivity index (χ1v) is 11.6. The van der Waals surface area contributed by atoms with E-state index < -0.39 is 47.0 Å². The highest BCUT2D eigenvalue weighted by molar-refractivity contribution is 7.79. The summed E-state index contributed by atoms with van der Waals surface area (Å²) >= 11 is 0. The minimum atomic E-state index is -5.17. The summed E-state index contributed by atoms with van der Waals surface area (Å²) in [4.78, 5) is 2.06. The topological polar surface area (TPSA) is 211 Å². The van der Waals surface area contributed by atoms with E-state index in [0.29, 0.717) is 39.3 Å². The normalized spacial score (nSPS) is 19.3. The summed E-state index contributed by atoms with van der Waals surface area (Å²) in [5.41, 5.74) is 0. The molecule has 0 aromatic carbocycles. The van der Waals surface area contributed by atoms with Crippen molar-refractivity contribution in [3.63, 3.8) is 0 Å². The Kier molecular flexibility index (Phi) is 21.6. The van der Waals surface area contributed by atoms with E-state index >= 15 is 0 Å². The first-order chi connectivity index (χ1) is 13.8. The second kappa shape index (κ2) is 19.1. The highest BCUT2D eigenvalue weighted by Crippen LogP contribution is 1.78. The lowest BCUT2D eigenvalue weighted by molar-refractivity contribution is -0.908. The molecule has 0 aliphatic heterocycles. The zero-order valence-electron chi connectivity index (χ0n) is 19.4. The Hall–Kier alpha value is -0.450. The van der Waals surface area contributed by atoms with Gasteiger partial charge in [0.25, 0.3) is 0 Å². The monoisotopic (exact) mass is 480 g/mol. The molecule has 0 rings (SSSR count). The van der Waals surface area contributed by atoms with Gasteiger partial charge in [0.15, 0.2) is 0 Å². The SMILES string of the molecule is CC(O)C[NH+](CC(C)O)CC(C)O.CC(O)C[NH+](CC(C)O)CC(C)O.O=S(=O)([O-])[O-]. The second-order valence-corrected chi connectivity index (χ2v) is 9.04. The molecule has 13 heteroatoms. The van der Waals surface area contributed by atoms with Gasteiger partial charge in [-0.2, -0.15) is 0 Å². The molecule has 0 saturated carbocycles. The molecule has 12 nitrogen and oxygen atoms in total. The zero-order chi connectivity index (χ0) is 25.4. The molecule has 0 heterocycles. The highest BCUT2D eigenvalue weighted by atomic mass is 32.3. The third-order valence-corrected chi connectivity index (χ3v) is 3.50. The summed E-state index contributed by atoms with van der Waals surface area (Å²) in [5.74, 6) is 0. The van der Waals surface area contributed by atoms with Crippen LogP contribution in [0.25, 0.3) is 0 Å². The minimum Gasteiger partial charge on any atom is -0.759 e. The molecule has 0 bridgehead atoms. The summed E-state index contributed by atoms with van der Waals surface area (Å²) in [6, 6.07) is 0. The van der Waals surface area contributed by atoms with Gasteiger partial charge in [-0.05, 0) is 41.5 Å². The summed E-state index contributed by atoms with van der Waals surface area (Å²) in [7, 11) is -5.17. The van der Waals surface area contributed by atoms with E-state index in [1.807, 2.05) is 0 Å². The van der Waals surface area contributed by atoms with Crippen molar-refractivity contribution < 1.29 is 58.0 Å². The Labute approximate surface area is 186 Å². The Balaban J connectivity index is -0.000000416. The minimum absolute atomic E-state index is 0.396. The molecule has 6 atom stereocenters. The molecule has 0 saturated heterocycles. The van der Waals surface area contributed by atoms with Crippen LogP contribution in [0.5, 0.6) is 0 Å². The van der Waals surface area contributed by atoms with Crippen molar-refractivity contribution in [2.45, 2.75) is 78.2 Å². The first kappa shape index (κ1) is 35.1. The summed E-state index contributed by atoms with van der Waals surface area (Å²) < 4.78 is 34.1. The van der Waals surface area contributed by atoms with E-state index in [2.05, 4.69) is 0 Å². The molecule has 0 fully saturated rings. The Bertz CT molecular complexity index is 414. The van der Waals surface area contributed by atoms with Crippen LogP contribution in [0, 0.1) is 0 Å². The van der Waals surface area contributed by atoms with Crippen LogP contribution in [0.1, 0.15) is 41.5 Å². The molecule has 0 aromatic heterocycles. The highest BCUT2D eigenvalue weighted by Gasteiger charge is 2.17. The number of aliphatic hydroxyl groups excluding tert-OH is 6. The van der Waals surface area contributed by atoms with E-state index in [1.165, 1.54) is 0 Å². The molecule has 192 valence electrons. The fourth-order valence-electron chi connectivity index (χ4n) is 3.01. The van der Waals surface area contributed by atoms with Crippen molar-refractivity contribution in [2.24, 2.45) is 0 Å². The Morgan fingerprint density at radius 1 is 0.516 bits per heavy atom. The van der Waals surface area contributed by atoms with Gasteiger partial charge in [-0.25, -0.2) is 0 Å². The summed E-state index contributed by atoms with van der Waals surface area (Å²) in [6.45, 7) is 13.7. The fourth-order valence-corrected chi connectivity index (χ4v) is 3.01. The molecular formula is C18H44N2O10S. The lowest BCUT2D eigenvalue weighted by Crippen LogP contribution is -3.15.